The third-order valence-corrected chi connectivity index (χ3v) is 8.42. The van der Waals surface area contributed by atoms with Gasteiger partial charge >= 0.3 is 0 Å². The van der Waals surface area contributed by atoms with E-state index in [9.17, 15) is 19.2 Å². The van der Waals surface area contributed by atoms with E-state index in [0.29, 0.717) is 38.8 Å². The van der Waals surface area contributed by atoms with E-state index >= 15 is 0 Å². The summed E-state index contributed by atoms with van der Waals surface area (Å²) < 4.78 is 0. The van der Waals surface area contributed by atoms with Crippen LogP contribution in [-0.2, 0) is 19.2 Å². The number of hydrogen-bond donors (Lipinski definition) is 4. The van der Waals surface area contributed by atoms with Crippen molar-refractivity contribution in [3.63, 3.8) is 0 Å². The Labute approximate surface area is 265 Å². The van der Waals surface area contributed by atoms with E-state index in [1.807, 2.05) is 13.8 Å². The van der Waals surface area contributed by atoms with Gasteiger partial charge in [-0.15, -0.1) is 0 Å². The number of likely N-dealkylation sites (N-methyl/N-ethyl adjacent to an activating group) is 2. The molecule has 0 bridgehead atoms. The van der Waals surface area contributed by atoms with Crippen molar-refractivity contribution < 1.29 is 19.2 Å². The van der Waals surface area contributed by atoms with E-state index in [1.54, 1.807) is 0 Å². The minimum Gasteiger partial charge on any atom is -0.339 e. The minimum absolute atomic E-state index is 0.0412. The molecule has 3 aliphatic heterocycles. The van der Waals surface area contributed by atoms with Crippen LogP contribution >= 0.6 is 0 Å². The molecule has 14 heteroatoms. The van der Waals surface area contributed by atoms with Crippen LogP contribution in [0.1, 0.15) is 39.5 Å². The molecule has 14 nitrogen and oxygen atoms in total. The molecule has 3 fully saturated rings. The SMILES string of the molecule is CC.CN1CCN(CCC(=O)NCNC(=O)CCN2CCN(CCC(=O)NCNC(=O)CCN3CCN(C)CC3)CC2)CC1. The first-order chi connectivity index (χ1) is 21.3. The summed E-state index contributed by atoms with van der Waals surface area (Å²) >= 11 is 0. The molecule has 0 aromatic carbocycles. The first kappa shape index (κ1) is 37.8. The summed E-state index contributed by atoms with van der Waals surface area (Å²) in [6, 6.07) is 0. The third kappa shape index (κ3) is 16.6. The Morgan fingerprint density at radius 2 is 0.614 bits per heavy atom. The first-order valence-electron chi connectivity index (χ1n) is 16.6. The third-order valence-electron chi connectivity index (χ3n) is 8.42. The summed E-state index contributed by atoms with van der Waals surface area (Å²) in [6.45, 7) is 18.6. The molecule has 4 amide bonds. The molecule has 3 saturated heterocycles. The molecule has 44 heavy (non-hydrogen) atoms. The van der Waals surface area contributed by atoms with Crippen molar-refractivity contribution in [3.8, 4) is 0 Å². The smallest absolute Gasteiger partial charge is 0.222 e. The van der Waals surface area contributed by atoms with Crippen molar-refractivity contribution in [2.45, 2.75) is 39.5 Å². The maximum atomic E-state index is 12.2. The van der Waals surface area contributed by atoms with Gasteiger partial charge in [-0.05, 0) is 14.1 Å². The maximum Gasteiger partial charge on any atom is 0.222 e. The zero-order chi connectivity index (χ0) is 32.2. The molecule has 4 N–H and O–H groups in total. The fourth-order valence-corrected chi connectivity index (χ4v) is 5.25. The van der Waals surface area contributed by atoms with Crippen molar-refractivity contribution >= 4 is 23.6 Å². The average molecular weight is 625 g/mol. The molecule has 0 aromatic rings. The number of piperazine rings is 3. The number of amides is 4. The van der Waals surface area contributed by atoms with Crippen LogP contribution in [0, 0.1) is 0 Å². The highest BCUT2D eigenvalue weighted by Gasteiger charge is 2.19. The highest BCUT2D eigenvalue weighted by atomic mass is 16.2. The second-order valence-electron chi connectivity index (χ2n) is 11.7. The Morgan fingerprint density at radius 1 is 0.409 bits per heavy atom. The van der Waals surface area contributed by atoms with Crippen LogP contribution in [0.3, 0.4) is 0 Å². The van der Waals surface area contributed by atoms with Crippen LogP contribution in [-0.4, -0.2) is 185 Å². The zero-order valence-corrected chi connectivity index (χ0v) is 27.9. The molecule has 3 heterocycles. The van der Waals surface area contributed by atoms with E-state index in [2.05, 4.69) is 64.8 Å². The number of carbonyl (C=O) groups excluding carboxylic acids is 4. The van der Waals surface area contributed by atoms with Gasteiger partial charge in [-0.1, -0.05) is 13.8 Å². The quantitative estimate of drug-likeness (QED) is 0.144. The van der Waals surface area contributed by atoms with Crippen LogP contribution in [0.25, 0.3) is 0 Å². The molecule has 3 rings (SSSR count). The Bertz CT molecular complexity index is 772. The fourth-order valence-electron chi connectivity index (χ4n) is 5.25. The molecule has 254 valence electrons. The van der Waals surface area contributed by atoms with Gasteiger partial charge in [-0.2, -0.15) is 0 Å². The molecular weight excluding hydrogens is 564 g/mol. The zero-order valence-electron chi connectivity index (χ0n) is 27.9. The molecule has 0 aromatic heterocycles. The van der Waals surface area contributed by atoms with Gasteiger partial charge in [-0.3, -0.25) is 19.2 Å². The number of carbonyl (C=O) groups is 4. The van der Waals surface area contributed by atoms with Crippen LogP contribution in [0.5, 0.6) is 0 Å². The Hall–Kier alpha value is -2.36. The minimum atomic E-state index is -0.0695. The van der Waals surface area contributed by atoms with E-state index in [1.165, 1.54) is 0 Å². The summed E-state index contributed by atoms with van der Waals surface area (Å²) in [7, 11) is 4.22. The monoisotopic (exact) mass is 624 g/mol. The van der Waals surface area contributed by atoms with Gasteiger partial charge in [0.2, 0.25) is 23.6 Å². The van der Waals surface area contributed by atoms with Gasteiger partial charge in [0.15, 0.2) is 0 Å². The average Bonchev–Trinajstić information content (AvgIpc) is 3.03. The molecule has 0 unspecified atom stereocenters. The lowest BCUT2D eigenvalue weighted by Gasteiger charge is -2.34. The molecular formula is C30H60N10O4. The molecule has 0 atom stereocenters. The van der Waals surface area contributed by atoms with Crippen LogP contribution < -0.4 is 21.3 Å². The largest absolute Gasteiger partial charge is 0.339 e. The number of rotatable bonds is 16. The lowest BCUT2D eigenvalue weighted by Crippen LogP contribution is -2.48. The summed E-state index contributed by atoms with van der Waals surface area (Å²) in [6.07, 6.45) is 1.67. The summed E-state index contributed by atoms with van der Waals surface area (Å²) in [5.41, 5.74) is 0. The topological polar surface area (TPSA) is 136 Å². The lowest BCUT2D eigenvalue weighted by molar-refractivity contribution is -0.125. The van der Waals surface area contributed by atoms with E-state index in [-0.39, 0.29) is 37.0 Å². The summed E-state index contributed by atoms with van der Waals surface area (Å²) in [4.78, 5) is 62.2. The van der Waals surface area contributed by atoms with Crippen LogP contribution in [0.15, 0.2) is 0 Å². The van der Waals surface area contributed by atoms with E-state index < -0.39 is 0 Å². The Morgan fingerprint density at radius 3 is 0.841 bits per heavy atom. The number of nitrogens with one attached hydrogen (secondary N) is 4. The summed E-state index contributed by atoms with van der Waals surface area (Å²) in [5, 5.41) is 11.1. The van der Waals surface area contributed by atoms with Gasteiger partial charge < -0.3 is 50.7 Å². The van der Waals surface area contributed by atoms with E-state index in [0.717, 1.165) is 91.6 Å². The number of nitrogens with zero attached hydrogens (tertiary/aromatic N) is 6. The van der Waals surface area contributed by atoms with Crippen molar-refractivity contribution in [3.05, 3.63) is 0 Å². The standard InChI is InChI=1S/C28H54N10O4.C2H6/c1-33-11-15-35(16-12-33)7-3-25(39)29-23-31-27(41)5-9-37-19-21-38(22-20-37)10-6-28(42)32-24-30-26(40)4-8-36-17-13-34(2)14-18-36;1-2/h3-24H2,1-2H3,(H,29,39)(H,30,40)(H,31,41)(H,32,42);1-2H3. The van der Waals surface area contributed by atoms with Gasteiger partial charge in [-0.25, -0.2) is 0 Å². The van der Waals surface area contributed by atoms with Crippen LogP contribution in [0.2, 0.25) is 0 Å². The highest BCUT2D eigenvalue weighted by Crippen LogP contribution is 2.04. The Kier molecular flexibility index (Phi) is 19.1. The predicted octanol–water partition coefficient (Wildman–Crippen LogP) is -1.93. The molecule has 0 saturated carbocycles. The molecule has 0 aliphatic carbocycles. The van der Waals surface area contributed by atoms with Gasteiger partial charge in [0.05, 0.1) is 13.3 Å². The maximum absolute atomic E-state index is 12.2. The van der Waals surface area contributed by atoms with Crippen LogP contribution in [0.4, 0.5) is 0 Å². The lowest BCUT2D eigenvalue weighted by atomic mass is 10.2. The first-order valence-corrected chi connectivity index (χ1v) is 16.6. The fraction of sp³-hybridized carbons (Fsp3) is 0.867. The van der Waals surface area contributed by atoms with Crippen molar-refractivity contribution in [2.24, 2.45) is 0 Å². The van der Waals surface area contributed by atoms with Crippen molar-refractivity contribution in [1.82, 2.24) is 50.7 Å². The summed E-state index contributed by atoms with van der Waals surface area (Å²) in [5.74, 6) is -0.222. The van der Waals surface area contributed by atoms with Gasteiger partial charge in [0.1, 0.15) is 0 Å². The van der Waals surface area contributed by atoms with Crippen molar-refractivity contribution in [1.29, 1.82) is 0 Å². The highest BCUT2D eigenvalue weighted by molar-refractivity contribution is 5.79. The Balaban J connectivity index is 0.00000330. The second kappa shape index (κ2) is 22.2. The van der Waals surface area contributed by atoms with E-state index in [4.69, 9.17) is 0 Å². The second-order valence-corrected chi connectivity index (χ2v) is 11.7. The normalized spacial score (nSPS) is 19.5. The molecule has 3 aliphatic rings. The van der Waals surface area contributed by atoms with Gasteiger partial charge in [0, 0.05) is 130 Å². The van der Waals surface area contributed by atoms with Gasteiger partial charge in [0.25, 0.3) is 0 Å². The predicted molar refractivity (Wildman–Crippen MR) is 173 cm³/mol. The number of hydrogen-bond acceptors (Lipinski definition) is 10. The van der Waals surface area contributed by atoms with Crippen molar-refractivity contribution in [2.75, 3.05) is 132 Å². The molecule has 0 radical (unpaired) electrons. The molecule has 0 spiro atoms.